The average molecular weight is 421 g/mol. The van der Waals surface area contributed by atoms with Gasteiger partial charge in [0.15, 0.2) is 11.6 Å². The summed E-state index contributed by atoms with van der Waals surface area (Å²) in [5.41, 5.74) is -3.89. The van der Waals surface area contributed by atoms with Crippen LogP contribution in [-0.2, 0) is 5.92 Å². The lowest BCUT2D eigenvalue weighted by molar-refractivity contribution is -0.289. The fourth-order valence-electron chi connectivity index (χ4n) is 3.26. The van der Waals surface area contributed by atoms with Crippen molar-refractivity contribution in [2.24, 2.45) is 0 Å². The summed E-state index contributed by atoms with van der Waals surface area (Å²) < 4.78 is 98.3. The van der Waals surface area contributed by atoms with Crippen molar-refractivity contribution in [3.05, 3.63) is 35.4 Å². The highest BCUT2D eigenvalue weighted by Gasteiger charge is 2.59. The minimum atomic E-state index is -5.85. The Morgan fingerprint density at radius 1 is 1.21 bits per heavy atom. The van der Waals surface area contributed by atoms with Crippen LogP contribution in [0.25, 0.3) is 5.70 Å². The third kappa shape index (κ3) is 3.30. The zero-order valence-electron chi connectivity index (χ0n) is 14.7. The fraction of sp³-hybridized carbons (Fsp3) is 0.444. The molecule has 0 spiro atoms. The Morgan fingerprint density at radius 3 is 2.41 bits per heavy atom. The van der Waals surface area contributed by atoms with Gasteiger partial charge in [0, 0.05) is 35.5 Å². The number of alkyl halides is 7. The number of hydrogen-bond donors (Lipinski definition) is 1. The quantitative estimate of drug-likeness (QED) is 0.735. The predicted molar refractivity (Wildman–Crippen MR) is 88.1 cm³/mol. The van der Waals surface area contributed by atoms with E-state index in [2.05, 4.69) is 0 Å². The first-order valence-corrected chi connectivity index (χ1v) is 8.36. The second-order valence-corrected chi connectivity index (χ2v) is 6.75. The second kappa shape index (κ2) is 6.93. The van der Waals surface area contributed by atoms with Crippen molar-refractivity contribution in [2.45, 2.75) is 30.2 Å². The van der Waals surface area contributed by atoms with Crippen molar-refractivity contribution in [1.82, 2.24) is 4.90 Å². The van der Waals surface area contributed by atoms with Gasteiger partial charge in [0.2, 0.25) is 0 Å². The normalized spacial score (nSPS) is 21.3. The molecule has 3 rings (SSSR count). The molecule has 1 fully saturated rings. The van der Waals surface area contributed by atoms with Crippen molar-refractivity contribution >= 4 is 11.4 Å². The topological polar surface area (TPSA) is 60.1 Å². The number of ether oxygens (including phenoxy) is 1. The summed E-state index contributed by atoms with van der Waals surface area (Å²) in [5, 5.41) is 17.1. The Morgan fingerprint density at radius 2 is 1.86 bits per heavy atom. The molecule has 156 valence electrons. The Hall–Kier alpha value is -2.77. The van der Waals surface area contributed by atoms with Crippen molar-refractivity contribution in [3.8, 4) is 11.8 Å². The van der Waals surface area contributed by atoms with Gasteiger partial charge in [0.1, 0.15) is 19.1 Å². The van der Waals surface area contributed by atoms with E-state index in [1.807, 2.05) is 6.07 Å². The van der Waals surface area contributed by atoms with Crippen LogP contribution in [0.1, 0.15) is 17.5 Å². The first-order valence-electron chi connectivity index (χ1n) is 8.36. The number of rotatable bonds is 4. The van der Waals surface area contributed by atoms with Gasteiger partial charge in [-0.05, 0) is 24.3 Å². The largest absolute Gasteiger partial charge is 0.477 e. The van der Waals surface area contributed by atoms with Crippen LogP contribution in [0.3, 0.4) is 0 Å². The smallest absolute Gasteiger partial charge is 0.458 e. The molecule has 0 bridgehead atoms. The highest BCUT2D eigenvalue weighted by molar-refractivity contribution is 5.94. The summed E-state index contributed by atoms with van der Waals surface area (Å²) in [6.07, 6.45) is -4.79. The van der Waals surface area contributed by atoms with Crippen LogP contribution in [0.5, 0.6) is 5.75 Å². The summed E-state index contributed by atoms with van der Waals surface area (Å²) in [6.45, 7) is -2.62. The highest BCUT2D eigenvalue weighted by atomic mass is 19.4. The van der Waals surface area contributed by atoms with Crippen LogP contribution in [0.15, 0.2) is 24.3 Å². The number of likely N-dealkylation sites (tertiary alicyclic amines) is 1. The Labute approximate surface area is 160 Å². The summed E-state index contributed by atoms with van der Waals surface area (Å²) in [6, 6.07) is 2.49. The van der Waals surface area contributed by atoms with Crippen LogP contribution in [0.2, 0.25) is 0 Å². The van der Waals surface area contributed by atoms with Gasteiger partial charge in [-0.15, -0.1) is 0 Å². The molecule has 0 amide bonds. The molecule has 1 aromatic carbocycles. The van der Waals surface area contributed by atoms with E-state index in [1.54, 1.807) is 0 Å². The Kier molecular flexibility index (Phi) is 5.01. The van der Waals surface area contributed by atoms with Crippen LogP contribution in [-0.4, -0.2) is 48.3 Å². The van der Waals surface area contributed by atoms with E-state index in [0.29, 0.717) is 12.1 Å². The van der Waals surface area contributed by atoms with E-state index < -0.39 is 42.7 Å². The molecule has 1 N–H and O–H groups in total. The zero-order valence-corrected chi connectivity index (χ0v) is 14.7. The summed E-state index contributed by atoms with van der Waals surface area (Å²) in [7, 11) is 0. The molecular formula is C18H14F7N3O. The van der Waals surface area contributed by atoms with Crippen molar-refractivity contribution in [1.29, 1.82) is 10.7 Å². The van der Waals surface area contributed by atoms with Gasteiger partial charge in [0.25, 0.3) is 0 Å². The van der Waals surface area contributed by atoms with Crippen molar-refractivity contribution in [3.63, 3.8) is 0 Å². The number of fused-ring (bicyclic) bond motifs is 1. The lowest BCUT2D eigenvalue weighted by atomic mass is 9.94. The number of hydrogen-bond acceptors (Lipinski definition) is 4. The highest BCUT2D eigenvalue weighted by Crippen LogP contribution is 2.47. The third-order valence-electron chi connectivity index (χ3n) is 4.83. The van der Waals surface area contributed by atoms with E-state index >= 15 is 0 Å². The molecule has 0 aromatic heterocycles. The number of nitrogens with zero attached hydrogens (tertiary/aromatic N) is 2. The predicted octanol–water partition coefficient (Wildman–Crippen LogP) is 4.37. The maximum absolute atomic E-state index is 13.8. The maximum atomic E-state index is 13.8. The average Bonchev–Trinajstić information content (AvgIpc) is 3.06. The first-order chi connectivity index (χ1) is 13.5. The molecule has 2 aliphatic heterocycles. The molecule has 0 radical (unpaired) electrons. The molecule has 11 heteroatoms. The number of nitrogens with one attached hydrogen (secondary N) is 1. The molecule has 1 aromatic rings. The van der Waals surface area contributed by atoms with E-state index in [4.69, 9.17) is 10.1 Å². The van der Waals surface area contributed by atoms with Crippen molar-refractivity contribution in [2.75, 3.05) is 19.9 Å². The maximum Gasteiger partial charge on any atom is 0.458 e. The molecule has 2 heterocycles. The van der Waals surface area contributed by atoms with Crippen LogP contribution >= 0.6 is 0 Å². The van der Waals surface area contributed by atoms with Gasteiger partial charge in [-0.3, -0.25) is 0 Å². The number of nitriles is 1. The van der Waals surface area contributed by atoms with Gasteiger partial charge < -0.3 is 15.0 Å². The molecule has 4 nitrogen and oxygen atoms in total. The van der Waals surface area contributed by atoms with E-state index in [-0.39, 0.29) is 35.7 Å². The standard InChI is InChI=1S/C18H14F7N3O/c19-8-16(9-20)6-13(28-4-3-12(27)14(28)7-26)11-5-10(1-2-15(11)29-16)17(21,22)18(23,24)25/h1-2,5-6,14,27H,3-4,8-9H2. The SMILES string of the molecule is N#CC1C(=N)CCN1C1=CC(CF)(CF)Oc2ccc(C(F)(F)C(F)(F)F)cc21. The van der Waals surface area contributed by atoms with Crippen molar-refractivity contribution < 1.29 is 35.5 Å². The van der Waals surface area contributed by atoms with Crippen LogP contribution in [0, 0.1) is 16.7 Å². The van der Waals surface area contributed by atoms with E-state index in [9.17, 15) is 36.0 Å². The fourth-order valence-corrected chi connectivity index (χ4v) is 3.26. The monoisotopic (exact) mass is 421 g/mol. The van der Waals surface area contributed by atoms with Crippen LogP contribution in [0.4, 0.5) is 30.7 Å². The number of benzene rings is 1. The second-order valence-electron chi connectivity index (χ2n) is 6.75. The Balaban J connectivity index is 2.19. The van der Waals surface area contributed by atoms with Gasteiger partial charge in [-0.2, -0.15) is 27.2 Å². The third-order valence-corrected chi connectivity index (χ3v) is 4.83. The first kappa shape index (κ1) is 21.0. The van der Waals surface area contributed by atoms with E-state index in [0.717, 1.165) is 12.1 Å². The zero-order chi connectivity index (χ0) is 21.6. The molecule has 1 unspecified atom stereocenters. The van der Waals surface area contributed by atoms with Gasteiger partial charge in [-0.1, -0.05) is 0 Å². The number of halogens is 7. The van der Waals surface area contributed by atoms with Gasteiger partial charge in [0.05, 0.1) is 6.07 Å². The lowest BCUT2D eigenvalue weighted by Gasteiger charge is -2.37. The summed E-state index contributed by atoms with van der Waals surface area (Å²) in [5.74, 6) is -5.47. The minimum absolute atomic E-state index is 0.00989. The molecule has 1 atom stereocenters. The Bertz CT molecular complexity index is 900. The summed E-state index contributed by atoms with van der Waals surface area (Å²) in [4.78, 5) is 1.25. The molecule has 1 saturated heterocycles. The van der Waals surface area contributed by atoms with Gasteiger partial charge in [-0.25, -0.2) is 8.78 Å². The minimum Gasteiger partial charge on any atom is -0.477 e. The van der Waals surface area contributed by atoms with Crippen LogP contribution < -0.4 is 4.74 Å². The van der Waals surface area contributed by atoms with E-state index in [1.165, 1.54) is 4.90 Å². The molecule has 0 saturated carbocycles. The molecule has 0 aliphatic carbocycles. The van der Waals surface area contributed by atoms with Gasteiger partial charge >= 0.3 is 12.1 Å². The molecule has 2 aliphatic rings. The lowest BCUT2D eigenvalue weighted by Crippen LogP contribution is -2.44. The molecule has 29 heavy (non-hydrogen) atoms. The molecular weight excluding hydrogens is 407 g/mol. The summed E-state index contributed by atoms with van der Waals surface area (Å²) >= 11 is 0.